The second-order valence-corrected chi connectivity index (χ2v) is 8.98. The van der Waals surface area contributed by atoms with Gasteiger partial charge in [-0.15, -0.1) is 23.5 Å². The molecule has 10 heteroatoms. The molecule has 2 aromatic heterocycles. The Hall–Kier alpha value is -3.50. The van der Waals surface area contributed by atoms with E-state index in [9.17, 15) is 19.2 Å². The highest BCUT2D eigenvalue weighted by Crippen LogP contribution is 2.23. The summed E-state index contributed by atoms with van der Waals surface area (Å²) in [6.45, 7) is 0. The first-order chi connectivity index (χ1) is 16.3. The third-order valence-electron chi connectivity index (χ3n) is 5.16. The lowest BCUT2D eigenvalue weighted by atomic mass is 10.1. The van der Waals surface area contributed by atoms with E-state index < -0.39 is 0 Å². The van der Waals surface area contributed by atoms with Crippen LogP contribution in [0.2, 0.25) is 0 Å². The van der Waals surface area contributed by atoms with Crippen LogP contribution in [0.1, 0.15) is 20.7 Å². The van der Waals surface area contributed by atoms with Crippen molar-refractivity contribution in [2.45, 2.75) is 9.79 Å². The lowest BCUT2D eigenvalue weighted by molar-refractivity contribution is 0.111. The summed E-state index contributed by atoms with van der Waals surface area (Å²) < 4.78 is 2.61. The molecule has 4 aromatic rings. The maximum absolute atomic E-state index is 11.6. The predicted octanol–water partition coefficient (Wildman–Crippen LogP) is 3.83. The standard InChI is InChI=1S/2C12H12N2O2S/c2*1-14-12(16)10(7-15)11(13-14)8-3-5-9(17-2)6-4-8/h2*3-7,13H,1-2H3. The zero-order chi connectivity index (χ0) is 24.8. The summed E-state index contributed by atoms with van der Waals surface area (Å²) in [5.41, 5.74) is 2.55. The summed E-state index contributed by atoms with van der Waals surface area (Å²) in [7, 11) is 3.18. The van der Waals surface area contributed by atoms with Crippen molar-refractivity contribution in [3.05, 3.63) is 80.4 Å². The van der Waals surface area contributed by atoms with Crippen molar-refractivity contribution >= 4 is 36.1 Å². The zero-order valence-electron chi connectivity index (χ0n) is 19.1. The van der Waals surface area contributed by atoms with E-state index in [2.05, 4.69) is 10.2 Å². The van der Waals surface area contributed by atoms with Crippen LogP contribution in [0.25, 0.3) is 22.5 Å². The van der Waals surface area contributed by atoms with Gasteiger partial charge >= 0.3 is 0 Å². The fraction of sp³-hybridized carbons (Fsp3) is 0.167. The quantitative estimate of drug-likeness (QED) is 0.310. The van der Waals surface area contributed by atoms with Crippen LogP contribution in [0.3, 0.4) is 0 Å². The van der Waals surface area contributed by atoms with E-state index in [1.165, 1.54) is 9.36 Å². The summed E-state index contributed by atoms with van der Waals surface area (Å²) >= 11 is 3.29. The third-order valence-corrected chi connectivity index (χ3v) is 6.65. The SMILES string of the molecule is CSc1ccc(-c2[nH]n(C)c(=O)c2C=O)cc1.CSc1ccc(-c2[nH]n(C)c(=O)c2C=O)cc1. The first kappa shape index (κ1) is 25.1. The highest BCUT2D eigenvalue weighted by Gasteiger charge is 2.14. The van der Waals surface area contributed by atoms with Gasteiger partial charge in [-0.1, -0.05) is 24.3 Å². The molecule has 0 radical (unpaired) electrons. The first-order valence-electron chi connectivity index (χ1n) is 10.1. The smallest absolute Gasteiger partial charge is 0.277 e. The van der Waals surface area contributed by atoms with Gasteiger partial charge in [0, 0.05) is 35.0 Å². The Morgan fingerprint density at radius 1 is 0.647 bits per heavy atom. The summed E-state index contributed by atoms with van der Waals surface area (Å²) in [4.78, 5) is 47.3. The van der Waals surface area contributed by atoms with E-state index >= 15 is 0 Å². The van der Waals surface area contributed by atoms with Gasteiger partial charge in [-0.25, -0.2) is 0 Å². The van der Waals surface area contributed by atoms with Gasteiger partial charge in [-0.05, 0) is 36.8 Å². The van der Waals surface area contributed by atoms with Crippen molar-refractivity contribution in [2.75, 3.05) is 12.5 Å². The van der Waals surface area contributed by atoms with Crippen LogP contribution in [0.5, 0.6) is 0 Å². The molecule has 0 saturated heterocycles. The van der Waals surface area contributed by atoms with Gasteiger partial charge in [0.2, 0.25) is 0 Å². The maximum Gasteiger partial charge on any atom is 0.277 e. The molecule has 0 bridgehead atoms. The molecule has 0 amide bonds. The number of thioether (sulfide) groups is 2. The average Bonchev–Trinajstić information content (AvgIpc) is 3.33. The zero-order valence-corrected chi connectivity index (χ0v) is 20.8. The Kier molecular flexibility index (Phi) is 8.19. The molecule has 176 valence electrons. The molecule has 0 fully saturated rings. The third kappa shape index (κ3) is 5.18. The van der Waals surface area contributed by atoms with Gasteiger partial charge in [-0.3, -0.25) is 38.7 Å². The molecule has 2 N–H and O–H groups in total. The number of hydrogen-bond donors (Lipinski definition) is 2. The molecule has 4 rings (SSSR count). The molecule has 0 aliphatic carbocycles. The van der Waals surface area contributed by atoms with Gasteiger partial charge in [-0.2, -0.15) is 0 Å². The molecule has 2 heterocycles. The van der Waals surface area contributed by atoms with Gasteiger partial charge in [0.1, 0.15) is 11.1 Å². The van der Waals surface area contributed by atoms with Crippen LogP contribution in [-0.4, -0.2) is 44.6 Å². The average molecular weight is 497 g/mol. The number of rotatable bonds is 6. The van der Waals surface area contributed by atoms with Crippen molar-refractivity contribution in [3.63, 3.8) is 0 Å². The highest BCUT2D eigenvalue weighted by atomic mass is 32.2. The van der Waals surface area contributed by atoms with Crippen molar-refractivity contribution in [3.8, 4) is 22.5 Å². The largest absolute Gasteiger partial charge is 0.298 e. The van der Waals surface area contributed by atoms with E-state index in [-0.39, 0.29) is 22.2 Å². The topological polar surface area (TPSA) is 110 Å². The molecule has 0 unspecified atom stereocenters. The van der Waals surface area contributed by atoms with Crippen molar-refractivity contribution < 1.29 is 9.59 Å². The predicted molar refractivity (Wildman–Crippen MR) is 137 cm³/mol. The van der Waals surface area contributed by atoms with Crippen molar-refractivity contribution in [1.82, 2.24) is 19.6 Å². The molecule has 8 nitrogen and oxygen atoms in total. The molecule has 2 aromatic carbocycles. The van der Waals surface area contributed by atoms with E-state index in [1.54, 1.807) is 37.6 Å². The van der Waals surface area contributed by atoms with E-state index in [1.807, 2.05) is 61.0 Å². The number of aldehydes is 2. The number of nitrogens with zero attached hydrogens (tertiary/aromatic N) is 2. The summed E-state index contributed by atoms with van der Waals surface area (Å²) in [6, 6.07) is 15.4. The molecular formula is C24H24N4O4S2. The lowest BCUT2D eigenvalue weighted by Crippen LogP contribution is -2.14. The molecule has 0 spiro atoms. The molecule has 0 aliphatic heterocycles. The highest BCUT2D eigenvalue weighted by molar-refractivity contribution is 7.98. The minimum absolute atomic E-state index is 0.171. The number of aromatic amines is 2. The number of aromatic nitrogens is 4. The van der Waals surface area contributed by atoms with Gasteiger partial charge in [0.25, 0.3) is 11.1 Å². The van der Waals surface area contributed by atoms with Crippen LogP contribution in [0, 0.1) is 0 Å². The molecule has 34 heavy (non-hydrogen) atoms. The van der Waals surface area contributed by atoms with E-state index in [0.29, 0.717) is 24.0 Å². The van der Waals surface area contributed by atoms with Gasteiger partial charge in [0.15, 0.2) is 12.6 Å². The minimum Gasteiger partial charge on any atom is -0.298 e. The Balaban J connectivity index is 0.000000191. The van der Waals surface area contributed by atoms with Crippen LogP contribution in [0.15, 0.2) is 67.9 Å². The molecule has 0 atom stereocenters. The Morgan fingerprint density at radius 3 is 1.24 bits per heavy atom. The second-order valence-electron chi connectivity index (χ2n) is 7.22. The normalized spacial score (nSPS) is 10.5. The number of carbonyl (C=O) groups excluding carboxylic acids is 2. The molecular weight excluding hydrogens is 472 g/mol. The maximum atomic E-state index is 11.6. The first-order valence-corrected chi connectivity index (χ1v) is 12.6. The number of benzene rings is 2. The van der Waals surface area contributed by atoms with Crippen molar-refractivity contribution in [2.24, 2.45) is 14.1 Å². The Labute approximate surface area is 204 Å². The Morgan fingerprint density at radius 2 is 0.971 bits per heavy atom. The van der Waals surface area contributed by atoms with Gasteiger partial charge in [0.05, 0.1) is 11.4 Å². The molecule has 0 saturated carbocycles. The number of carbonyl (C=O) groups is 2. The second kappa shape index (κ2) is 11.1. The van der Waals surface area contributed by atoms with E-state index in [4.69, 9.17) is 0 Å². The molecule has 0 aliphatic rings. The Bertz CT molecular complexity index is 1300. The summed E-state index contributed by atoms with van der Waals surface area (Å²) in [5.74, 6) is 0. The monoisotopic (exact) mass is 496 g/mol. The number of hydrogen-bond acceptors (Lipinski definition) is 6. The van der Waals surface area contributed by atoms with Crippen LogP contribution >= 0.6 is 23.5 Å². The van der Waals surface area contributed by atoms with Crippen LogP contribution in [0.4, 0.5) is 0 Å². The number of aryl methyl sites for hydroxylation is 2. The van der Waals surface area contributed by atoms with Crippen LogP contribution < -0.4 is 11.1 Å². The summed E-state index contributed by atoms with van der Waals surface area (Å²) in [6.07, 6.45) is 5.18. The number of H-pyrrole nitrogens is 2. The fourth-order valence-corrected chi connectivity index (χ4v) is 4.12. The minimum atomic E-state index is -0.302. The van der Waals surface area contributed by atoms with Gasteiger partial charge < -0.3 is 0 Å². The number of nitrogens with one attached hydrogen (secondary N) is 2. The van der Waals surface area contributed by atoms with Crippen LogP contribution in [-0.2, 0) is 14.1 Å². The lowest BCUT2D eigenvalue weighted by Gasteiger charge is -2.00. The van der Waals surface area contributed by atoms with E-state index in [0.717, 1.165) is 20.9 Å². The summed E-state index contributed by atoms with van der Waals surface area (Å²) in [5, 5.41) is 5.77. The fourth-order valence-electron chi connectivity index (χ4n) is 3.31. The van der Waals surface area contributed by atoms with Crippen molar-refractivity contribution in [1.29, 1.82) is 0 Å².